The third-order valence-electron chi connectivity index (χ3n) is 4.60. The summed E-state index contributed by atoms with van der Waals surface area (Å²) in [6, 6.07) is 12.7. The van der Waals surface area contributed by atoms with E-state index in [4.69, 9.17) is 9.47 Å². The van der Waals surface area contributed by atoms with Gasteiger partial charge in [0.15, 0.2) is 16.6 Å². The first-order valence-electron chi connectivity index (χ1n) is 8.72. The van der Waals surface area contributed by atoms with Crippen molar-refractivity contribution < 1.29 is 23.5 Å². The van der Waals surface area contributed by atoms with E-state index in [-0.39, 0.29) is 24.6 Å². The van der Waals surface area contributed by atoms with E-state index in [0.717, 1.165) is 10.2 Å². The van der Waals surface area contributed by atoms with Gasteiger partial charge in [0.1, 0.15) is 12.1 Å². The van der Waals surface area contributed by atoms with Crippen molar-refractivity contribution in [1.82, 2.24) is 9.88 Å². The van der Waals surface area contributed by atoms with Crippen LogP contribution in [0.5, 0.6) is 5.75 Å². The Labute approximate surface area is 164 Å². The molecule has 1 aliphatic heterocycles. The predicted octanol–water partition coefficient (Wildman–Crippen LogP) is 3.27. The second kappa shape index (κ2) is 7.55. The summed E-state index contributed by atoms with van der Waals surface area (Å²) in [7, 11) is 1.27. The molecular formula is C20H17FN2O4S. The third kappa shape index (κ3) is 3.43. The number of thiazole rings is 1. The highest BCUT2D eigenvalue weighted by molar-refractivity contribution is 7.20. The number of methoxy groups -OCH3 is 1. The van der Waals surface area contributed by atoms with Crippen molar-refractivity contribution in [3.8, 4) is 5.75 Å². The molecule has 0 radical (unpaired) electrons. The van der Waals surface area contributed by atoms with Gasteiger partial charge in [0.25, 0.3) is 5.91 Å². The number of halogens is 1. The van der Waals surface area contributed by atoms with Crippen LogP contribution in [0.15, 0.2) is 48.5 Å². The van der Waals surface area contributed by atoms with Crippen LogP contribution >= 0.6 is 11.3 Å². The van der Waals surface area contributed by atoms with Gasteiger partial charge >= 0.3 is 5.97 Å². The SMILES string of the molecule is COC(=O)[C@H]1C[C@H](Oc2ccccc2F)CN1C(=O)c1nc2ccccc2s1. The first-order valence-corrected chi connectivity index (χ1v) is 9.54. The first-order chi connectivity index (χ1) is 13.6. The molecule has 1 fully saturated rings. The van der Waals surface area contributed by atoms with Crippen molar-refractivity contribution >= 4 is 33.4 Å². The highest BCUT2D eigenvalue weighted by atomic mass is 32.1. The Hall–Kier alpha value is -3.00. The minimum Gasteiger partial charge on any atom is -0.485 e. The van der Waals surface area contributed by atoms with Gasteiger partial charge < -0.3 is 14.4 Å². The van der Waals surface area contributed by atoms with Crippen LogP contribution in [0.25, 0.3) is 10.2 Å². The van der Waals surface area contributed by atoms with Crippen LogP contribution < -0.4 is 4.74 Å². The maximum absolute atomic E-state index is 13.9. The zero-order valence-electron chi connectivity index (χ0n) is 15.0. The van der Waals surface area contributed by atoms with E-state index in [1.165, 1.54) is 35.5 Å². The highest BCUT2D eigenvalue weighted by Crippen LogP contribution is 2.29. The Morgan fingerprint density at radius 1 is 1.18 bits per heavy atom. The van der Waals surface area contributed by atoms with Crippen LogP contribution in [-0.4, -0.2) is 47.6 Å². The summed E-state index contributed by atoms with van der Waals surface area (Å²) in [4.78, 5) is 31.1. The number of carbonyl (C=O) groups is 2. The van der Waals surface area contributed by atoms with Gasteiger partial charge in [-0.25, -0.2) is 14.2 Å². The van der Waals surface area contributed by atoms with Crippen molar-refractivity contribution in [2.75, 3.05) is 13.7 Å². The van der Waals surface area contributed by atoms with Gasteiger partial charge in [-0.1, -0.05) is 24.3 Å². The largest absolute Gasteiger partial charge is 0.485 e. The standard InChI is InChI=1S/C20H17FN2O4S/c1-26-20(25)15-10-12(27-16-8-4-2-6-13(16)21)11-23(15)19(24)18-22-14-7-3-5-9-17(14)28-18/h2-9,12,15H,10-11H2,1H3/t12-,15+/m0/s1. The average Bonchev–Trinajstić information content (AvgIpc) is 3.33. The number of nitrogens with zero attached hydrogens (tertiary/aromatic N) is 2. The van der Waals surface area contributed by atoms with Gasteiger partial charge in [0.05, 0.1) is 23.9 Å². The molecule has 8 heteroatoms. The lowest BCUT2D eigenvalue weighted by Crippen LogP contribution is -2.41. The molecule has 4 rings (SSSR count). The maximum Gasteiger partial charge on any atom is 0.328 e. The number of fused-ring (bicyclic) bond motifs is 1. The van der Waals surface area contributed by atoms with Crippen molar-refractivity contribution in [3.05, 3.63) is 59.4 Å². The van der Waals surface area contributed by atoms with E-state index in [1.807, 2.05) is 24.3 Å². The lowest BCUT2D eigenvalue weighted by Gasteiger charge is -2.21. The van der Waals surface area contributed by atoms with Gasteiger partial charge in [-0.05, 0) is 24.3 Å². The predicted molar refractivity (Wildman–Crippen MR) is 102 cm³/mol. The molecule has 1 aliphatic rings. The molecule has 1 amide bonds. The normalized spacial score (nSPS) is 19.0. The van der Waals surface area contributed by atoms with Crippen molar-refractivity contribution in [2.24, 2.45) is 0 Å². The number of hydrogen-bond acceptors (Lipinski definition) is 6. The molecule has 0 saturated carbocycles. The van der Waals surface area contributed by atoms with Crippen molar-refractivity contribution in [3.63, 3.8) is 0 Å². The molecule has 2 atom stereocenters. The summed E-state index contributed by atoms with van der Waals surface area (Å²) in [5.74, 6) is -1.30. The van der Waals surface area contributed by atoms with Crippen LogP contribution in [0.3, 0.4) is 0 Å². The number of ether oxygens (including phenoxy) is 2. The Morgan fingerprint density at radius 3 is 2.68 bits per heavy atom. The van der Waals surface area contributed by atoms with E-state index < -0.39 is 23.9 Å². The number of esters is 1. The zero-order valence-corrected chi connectivity index (χ0v) is 15.8. The van der Waals surface area contributed by atoms with E-state index in [0.29, 0.717) is 5.01 Å². The Kier molecular flexibility index (Phi) is 4.95. The number of amides is 1. The van der Waals surface area contributed by atoms with Crippen LogP contribution in [0, 0.1) is 5.82 Å². The van der Waals surface area contributed by atoms with Crippen molar-refractivity contribution in [2.45, 2.75) is 18.6 Å². The zero-order chi connectivity index (χ0) is 19.7. The number of benzene rings is 2. The number of carbonyl (C=O) groups excluding carboxylic acids is 2. The van der Waals surface area contributed by atoms with Crippen LogP contribution in [0.2, 0.25) is 0 Å². The fourth-order valence-corrected chi connectivity index (χ4v) is 4.19. The Bertz CT molecular complexity index is 1000. The van der Waals surface area contributed by atoms with E-state index in [1.54, 1.807) is 12.1 Å². The summed E-state index contributed by atoms with van der Waals surface area (Å²) in [6.45, 7) is 0.142. The fraction of sp³-hybridized carbons (Fsp3) is 0.250. The van der Waals surface area contributed by atoms with Gasteiger partial charge in [-0.2, -0.15) is 0 Å². The fourth-order valence-electron chi connectivity index (χ4n) is 3.27. The number of para-hydroxylation sites is 2. The van der Waals surface area contributed by atoms with Crippen molar-refractivity contribution in [1.29, 1.82) is 0 Å². The molecule has 28 heavy (non-hydrogen) atoms. The third-order valence-corrected chi connectivity index (χ3v) is 5.63. The summed E-state index contributed by atoms with van der Waals surface area (Å²) >= 11 is 1.27. The summed E-state index contributed by atoms with van der Waals surface area (Å²) in [5, 5.41) is 0.293. The minimum absolute atomic E-state index is 0.0883. The average molecular weight is 400 g/mol. The second-order valence-electron chi connectivity index (χ2n) is 6.39. The highest BCUT2D eigenvalue weighted by Gasteiger charge is 2.42. The van der Waals surface area contributed by atoms with Crippen LogP contribution in [-0.2, 0) is 9.53 Å². The molecule has 0 spiro atoms. The van der Waals surface area contributed by atoms with Crippen LogP contribution in [0.4, 0.5) is 4.39 Å². The molecule has 0 N–H and O–H groups in total. The van der Waals surface area contributed by atoms with Gasteiger partial charge in [-0.3, -0.25) is 4.79 Å². The molecule has 1 saturated heterocycles. The summed E-state index contributed by atoms with van der Waals surface area (Å²) in [6.07, 6.45) is -0.309. The Morgan fingerprint density at radius 2 is 1.93 bits per heavy atom. The quantitative estimate of drug-likeness (QED) is 0.629. The van der Waals surface area contributed by atoms with Gasteiger partial charge in [-0.15, -0.1) is 11.3 Å². The number of rotatable bonds is 4. The minimum atomic E-state index is -0.804. The van der Waals surface area contributed by atoms with E-state index >= 15 is 0 Å². The molecule has 0 bridgehead atoms. The van der Waals surface area contributed by atoms with Gasteiger partial charge in [0.2, 0.25) is 0 Å². The molecular weight excluding hydrogens is 383 g/mol. The van der Waals surface area contributed by atoms with E-state index in [9.17, 15) is 14.0 Å². The lowest BCUT2D eigenvalue weighted by atomic mass is 10.2. The lowest BCUT2D eigenvalue weighted by molar-refractivity contribution is -0.145. The summed E-state index contributed by atoms with van der Waals surface area (Å²) < 4.78 is 25.4. The molecule has 0 unspecified atom stereocenters. The van der Waals surface area contributed by atoms with Crippen LogP contribution in [0.1, 0.15) is 16.2 Å². The summed E-state index contributed by atoms with van der Waals surface area (Å²) in [5.41, 5.74) is 0.726. The molecule has 6 nitrogen and oxygen atoms in total. The molecule has 144 valence electrons. The molecule has 2 heterocycles. The molecule has 1 aromatic heterocycles. The monoisotopic (exact) mass is 400 g/mol. The topological polar surface area (TPSA) is 68.7 Å². The molecule has 2 aromatic carbocycles. The smallest absolute Gasteiger partial charge is 0.328 e. The van der Waals surface area contributed by atoms with E-state index in [2.05, 4.69) is 4.98 Å². The second-order valence-corrected chi connectivity index (χ2v) is 7.42. The number of hydrogen-bond donors (Lipinski definition) is 0. The molecule has 3 aromatic rings. The first kappa shape index (κ1) is 18.4. The molecule has 0 aliphatic carbocycles. The maximum atomic E-state index is 13.9. The number of likely N-dealkylation sites (tertiary alicyclic amines) is 1. The Balaban J connectivity index is 1.59. The van der Waals surface area contributed by atoms with Gasteiger partial charge in [0, 0.05) is 6.42 Å². The number of aromatic nitrogens is 1.